The summed E-state index contributed by atoms with van der Waals surface area (Å²) in [5.74, 6) is 0.578. The molecule has 1 aliphatic heterocycles. The van der Waals surface area contributed by atoms with Gasteiger partial charge >= 0.3 is 0 Å². The topological polar surface area (TPSA) is 23.5 Å². The number of aliphatic hydroxyl groups excluding tert-OH is 1. The summed E-state index contributed by atoms with van der Waals surface area (Å²) in [6.45, 7) is 7.97. The third-order valence-corrected chi connectivity index (χ3v) is 4.62. The fourth-order valence-electron chi connectivity index (χ4n) is 3.63. The molecule has 1 atom stereocenters. The summed E-state index contributed by atoms with van der Waals surface area (Å²) in [7, 11) is 0. The van der Waals surface area contributed by atoms with Crippen molar-refractivity contribution in [3.63, 3.8) is 0 Å². The predicted octanol–water partition coefficient (Wildman–Crippen LogP) is 3.05. The molecule has 1 saturated heterocycles. The minimum atomic E-state index is -0.0794. The van der Waals surface area contributed by atoms with Gasteiger partial charge in [-0.1, -0.05) is 33.1 Å². The van der Waals surface area contributed by atoms with E-state index in [1.807, 2.05) is 0 Å². The molecule has 0 aromatic heterocycles. The Kier molecular flexibility index (Phi) is 4.48. The van der Waals surface area contributed by atoms with Gasteiger partial charge in [0.25, 0.3) is 0 Å². The van der Waals surface area contributed by atoms with Crippen LogP contribution in [0.15, 0.2) is 0 Å². The van der Waals surface area contributed by atoms with Crippen LogP contribution in [-0.4, -0.2) is 35.7 Å². The zero-order valence-corrected chi connectivity index (χ0v) is 11.6. The number of aliphatic hydroxyl groups is 1. The van der Waals surface area contributed by atoms with Gasteiger partial charge in [0.1, 0.15) is 0 Å². The van der Waals surface area contributed by atoms with Crippen LogP contribution in [0.2, 0.25) is 0 Å². The molecule has 17 heavy (non-hydrogen) atoms. The van der Waals surface area contributed by atoms with E-state index in [0.29, 0.717) is 11.3 Å². The van der Waals surface area contributed by atoms with Crippen LogP contribution in [0.5, 0.6) is 0 Å². The largest absolute Gasteiger partial charge is 0.392 e. The molecule has 0 spiro atoms. The highest BCUT2D eigenvalue weighted by atomic mass is 16.3. The van der Waals surface area contributed by atoms with E-state index in [0.717, 1.165) is 13.1 Å². The highest BCUT2D eigenvalue weighted by Gasteiger charge is 2.29. The molecule has 2 aliphatic rings. The lowest BCUT2D eigenvalue weighted by Crippen LogP contribution is -2.45. The monoisotopic (exact) mass is 239 g/mol. The molecule has 2 fully saturated rings. The molecule has 1 N–H and O–H groups in total. The first-order chi connectivity index (χ1) is 8.07. The minimum Gasteiger partial charge on any atom is -0.392 e. The summed E-state index contributed by atoms with van der Waals surface area (Å²) in [4.78, 5) is 2.49. The van der Waals surface area contributed by atoms with Crippen LogP contribution in [0, 0.1) is 11.3 Å². The first kappa shape index (κ1) is 13.4. The highest BCUT2D eigenvalue weighted by molar-refractivity contribution is 4.83. The lowest BCUT2D eigenvalue weighted by molar-refractivity contribution is 0.0211. The molecule has 0 aromatic carbocycles. The smallest absolute Gasteiger partial charge is 0.0695 e. The van der Waals surface area contributed by atoms with E-state index in [1.54, 1.807) is 0 Å². The average molecular weight is 239 g/mol. The molecular formula is C15H29NO. The zero-order chi connectivity index (χ0) is 12.3. The van der Waals surface area contributed by atoms with Gasteiger partial charge < -0.3 is 10.0 Å². The normalized spacial score (nSPS) is 29.1. The Morgan fingerprint density at radius 1 is 1.18 bits per heavy atom. The maximum Gasteiger partial charge on any atom is 0.0695 e. The summed E-state index contributed by atoms with van der Waals surface area (Å²) >= 11 is 0. The fraction of sp³-hybridized carbons (Fsp3) is 1.00. The molecule has 2 heteroatoms. The molecular weight excluding hydrogens is 210 g/mol. The molecule has 0 aromatic rings. The minimum absolute atomic E-state index is 0.0794. The van der Waals surface area contributed by atoms with Crippen molar-refractivity contribution in [1.82, 2.24) is 4.90 Å². The number of β-amino-alcohol motifs (C(OH)–C–C–N with tert-alkyl or cyclic N) is 1. The second-order valence-corrected chi connectivity index (χ2v) is 6.97. The lowest BCUT2D eigenvalue weighted by atomic mass is 9.82. The Balaban J connectivity index is 1.79. The van der Waals surface area contributed by atoms with Crippen LogP contribution in [0.4, 0.5) is 0 Å². The van der Waals surface area contributed by atoms with Crippen molar-refractivity contribution in [3.8, 4) is 0 Å². The van der Waals surface area contributed by atoms with Gasteiger partial charge in [-0.15, -0.1) is 0 Å². The number of rotatable bonds is 3. The Morgan fingerprint density at radius 2 is 1.88 bits per heavy atom. The van der Waals surface area contributed by atoms with Crippen molar-refractivity contribution < 1.29 is 5.11 Å². The summed E-state index contributed by atoms with van der Waals surface area (Å²) in [6, 6.07) is 0. The van der Waals surface area contributed by atoms with Gasteiger partial charge in [-0.2, -0.15) is 0 Å². The first-order valence-electron chi connectivity index (χ1n) is 7.47. The number of nitrogens with zero attached hydrogens (tertiary/aromatic N) is 1. The van der Waals surface area contributed by atoms with Crippen molar-refractivity contribution in [2.45, 2.75) is 64.9 Å². The van der Waals surface area contributed by atoms with E-state index >= 15 is 0 Å². The van der Waals surface area contributed by atoms with E-state index < -0.39 is 0 Å². The van der Waals surface area contributed by atoms with Crippen LogP contribution < -0.4 is 0 Å². The Bertz CT molecular complexity index is 233. The molecule has 2 nitrogen and oxygen atoms in total. The van der Waals surface area contributed by atoms with Crippen LogP contribution in [0.25, 0.3) is 0 Å². The molecule has 2 rings (SSSR count). The summed E-state index contributed by atoms with van der Waals surface area (Å²) in [6.07, 6.45) is 9.08. The van der Waals surface area contributed by atoms with Crippen molar-refractivity contribution >= 4 is 0 Å². The van der Waals surface area contributed by atoms with Crippen LogP contribution in [0.1, 0.15) is 58.8 Å². The third-order valence-electron chi connectivity index (χ3n) is 4.62. The van der Waals surface area contributed by atoms with Gasteiger partial charge in [-0.25, -0.2) is 0 Å². The molecule has 0 radical (unpaired) electrons. The summed E-state index contributed by atoms with van der Waals surface area (Å²) < 4.78 is 0. The Morgan fingerprint density at radius 3 is 2.53 bits per heavy atom. The van der Waals surface area contributed by atoms with E-state index in [9.17, 15) is 5.11 Å². The molecule has 100 valence electrons. The lowest BCUT2D eigenvalue weighted by Gasteiger charge is -2.40. The summed E-state index contributed by atoms with van der Waals surface area (Å²) in [5.41, 5.74) is 0.449. The van der Waals surface area contributed by atoms with Crippen LogP contribution >= 0.6 is 0 Å². The molecule has 1 unspecified atom stereocenters. The highest BCUT2D eigenvalue weighted by Crippen LogP contribution is 2.30. The number of likely N-dealkylation sites (tertiary alicyclic amines) is 1. The van der Waals surface area contributed by atoms with Crippen LogP contribution in [0.3, 0.4) is 0 Å². The Hall–Kier alpha value is -0.0800. The molecule has 1 heterocycles. The fourth-order valence-corrected chi connectivity index (χ4v) is 3.63. The van der Waals surface area contributed by atoms with Crippen molar-refractivity contribution in [2.75, 3.05) is 19.6 Å². The first-order valence-corrected chi connectivity index (χ1v) is 7.47. The standard InChI is InChI=1S/C15H29NO/c1-15(2)9-6-10-16(12-15)11-14(17)13-7-4-3-5-8-13/h13-14,17H,3-12H2,1-2H3. The second kappa shape index (κ2) is 5.71. The number of hydrogen-bond acceptors (Lipinski definition) is 2. The maximum absolute atomic E-state index is 10.4. The Labute approximate surface area is 106 Å². The van der Waals surface area contributed by atoms with Crippen LogP contribution in [-0.2, 0) is 0 Å². The summed E-state index contributed by atoms with van der Waals surface area (Å²) in [5, 5.41) is 10.4. The molecule has 0 amide bonds. The van der Waals surface area contributed by atoms with Gasteiger partial charge in [0.2, 0.25) is 0 Å². The van der Waals surface area contributed by atoms with E-state index in [1.165, 1.54) is 51.5 Å². The van der Waals surface area contributed by atoms with Gasteiger partial charge in [-0.3, -0.25) is 0 Å². The quantitative estimate of drug-likeness (QED) is 0.818. The van der Waals surface area contributed by atoms with Crippen molar-refractivity contribution in [1.29, 1.82) is 0 Å². The van der Waals surface area contributed by atoms with E-state index in [-0.39, 0.29) is 6.10 Å². The average Bonchev–Trinajstić information content (AvgIpc) is 2.29. The zero-order valence-electron chi connectivity index (χ0n) is 11.6. The SMILES string of the molecule is CC1(C)CCCN(CC(O)C2CCCCC2)C1. The maximum atomic E-state index is 10.4. The van der Waals surface area contributed by atoms with Gasteiger partial charge in [-0.05, 0) is 43.6 Å². The number of hydrogen-bond donors (Lipinski definition) is 1. The van der Waals surface area contributed by atoms with Gasteiger partial charge in [0.15, 0.2) is 0 Å². The van der Waals surface area contributed by atoms with Gasteiger partial charge in [0, 0.05) is 13.1 Å². The van der Waals surface area contributed by atoms with Crippen molar-refractivity contribution in [2.24, 2.45) is 11.3 Å². The molecule has 1 saturated carbocycles. The number of piperidine rings is 1. The molecule has 0 bridgehead atoms. The predicted molar refractivity (Wildman–Crippen MR) is 72.0 cm³/mol. The van der Waals surface area contributed by atoms with E-state index in [2.05, 4.69) is 18.7 Å². The molecule has 1 aliphatic carbocycles. The van der Waals surface area contributed by atoms with Gasteiger partial charge in [0.05, 0.1) is 6.10 Å². The third kappa shape index (κ3) is 3.96. The second-order valence-electron chi connectivity index (χ2n) is 6.97. The van der Waals surface area contributed by atoms with Crippen molar-refractivity contribution in [3.05, 3.63) is 0 Å². The van der Waals surface area contributed by atoms with E-state index in [4.69, 9.17) is 0 Å².